The van der Waals surface area contributed by atoms with E-state index >= 15 is 0 Å². The summed E-state index contributed by atoms with van der Waals surface area (Å²) in [5, 5.41) is 3.35. The first-order valence-corrected chi connectivity index (χ1v) is 6.71. The average Bonchev–Trinajstić information content (AvgIpc) is 2.85. The smallest absolute Gasteiger partial charge is 0.207 e. The summed E-state index contributed by atoms with van der Waals surface area (Å²) < 4.78 is 7.56. The van der Waals surface area contributed by atoms with Crippen molar-refractivity contribution < 1.29 is 4.74 Å². The summed E-state index contributed by atoms with van der Waals surface area (Å²) >= 11 is 0. The number of benzene rings is 1. The molecule has 0 fully saturated rings. The van der Waals surface area contributed by atoms with E-state index in [1.165, 1.54) is 0 Å². The van der Waals surface area contributed by atoms with Crippen molar-refractivity contribution in [1.29, 1.82) is 0 Å². The summed E-state index contributed by atoms with van der Waals surface area (Å²) in [4.78, 5) is 4.35. The second-order valence-electron chi connectivity index (χ2n) is 4.83. The molecular weight excluding hydrogens is 238 g/mol. The standard InChI is InChI=1S/C15H21N3O/c1-4-19-14-7-5-6-13(10-14)18-9-8-16-15(18)17-11-12(2)3/h5-10,12H,4,11H2,1-3H3,(H,16,17). The van der Waals surface area contributed by atoms with Crippen LogP contribution in [0.15, 0.2) is 36.7 Å². The minimum Gasteiger partial charge on any atom is -0.494 e. The van der Waals surface area contributed by atoms with Gasteiger partial charge in [-0.15, -0.1) is 0 Å². The van der Waals surface area contributed by atoms with Crippen LogP contribution in [0, 0.1) is 5.92 Å². The van der Waals surface area contributed by atoms with E-state index in [0.29, 0.717) is 12.5 Å². The van der Waals surface area contributed by atoms with Crippen molar-refractivity contribution in [2.45, 2.75) is 20.8 Å². The van der Waals surface area contributed by atoms with Crippen molar-refractivity contribution in [2.75, 3.05) is 18.5 Å². The van der Waals surface area contributed by atoms with Crippen LogP contribution in [0.1, 0.15) is 20.8 Å². The lowest BCUT2D eigenvalue weighted by molar-refractivity contribution is 0.340. The third kappa shape index (κ3) is 3.50. The minimum atomic E-state index is 0.583. The van der Waals surface area contributed by atoms with Gasteiger partial charge in [0.2, 0.25) is 5.95 Å². The number of anilines is 1. The van der Waals surface area contributed by atoms with Gasteiger partial charge >= 0.3 is 0 Å². The molecule has 0 saturated heterocycles. The fourth-order valence-electron chi connectivity index (χ4n) is 1.83. The molecule has 2 rings (SSSR count). The van der Waals surface area contributed by atoms with Gasteiger partial charge in [0.25, 0.3) is 0 Å². The highest BCUT2D eigenvalue weighted by molar-refractivity contribution is 5.45. The fraction of sp³-hybridized carbons (Fsp3) is 0.400. The highest BCUT2D eigenvalue weighted by atomic mass is 16.5. The van der Waals surface area contributed by atoms with Crippen LogP contribution < -0.4 is 10.1 Å². The lowest BCUT2D eigenvalue weighted by atomic mass is 10.2. The number of nitrogens with one attached hydrogen (secondary N) is 1. The lowest BCUT2D eigenvalue weighted by Crippen LogP contribution is -2.12. The Morgan fingerprint density at radius 1 is 1.37 bits per heavy atom. The summed E-state index contributed by atoms with van der Waals surface area (Å²) in [6.07, 6.45) is 3.75. The zero-order valence-electron chi connectivity index (χ0n) is 11.8. The third-order valence-electron chi connectivity index (χ3n) is 2.72. The predicted molar refractivity (Wildman–Crippen MR) is 78.1 cm³/mol. The second kappa shape index (κ2) is 6.27. The van der Waals surface area contributed by atoms with Crippen molar-refractivity contribution in [1.82, 2.24) is 9.55 Å². The number of rotatable bonds is 6. The van der Waals surface area contributed by atoms with E-state index in [1.807, 2.05) is 42.0 Å². The molecule has 0 unspecified atom stereocenters. The molecule has 0 spiro atoms. The lowest BCUT2D eigenvalue weighted by Gasteiger charge is -2.12. The number of hydrogen-bond acceptors (Lipinski definition) is 3. The molecular formula is C15H21N3O. The maximum Gasteiger partial charge on any atom is 0.207 e. The van der Waals surface area contributed by atoms with Gasteiger partial charge in [0.15, 0.2) is 0 Å². The van der Waals surface area contributed by atoms with Crippen LogP contribution >= 0.6 is 0 Å². The molecule has 1 heterocycles. The van der Waals surface area contributed by atoms with E-state index < -0.39 is 0 Å². The highest BCUT2D eigenvalue weighted by Gasteiger charge is 2.06. The van der Waals surface area contributed by atoms with Crippen molar-refractivity contribution in [2.24, 2.45) is 5.92 Å². The van der Waals surface area contributed by atoms with Gasteiger partial charge in [-0.3, -0.25) is 4.57 Å². The van der Waals surface area contributed by atoms with Crippen molar-refractivity contribution in [3.8, 4) is 11.4 Å². The molecule has 2 aromatic rings. The molecule has 1 N–H and O–H groups in total. The SMILES string of the molecule is CCOc1cccc(-n2ccnc2NCC(C)C)c1. The van der Waals surface area contributed by atoms with Crippen LogP contribution in [0.3, 0.4) is 0 Å². The van der Waals surface area contributed by atoms with E-state index in [0.717, 1.165) is 23.9 Å². The maximum atomic E-state index is 5.53. The summed E-state index contributed by atoms with van der Waals surface area (Å²) in [7, 11) is 0. The van der Waals surface area contributed by atoms with Gasteiger partial charge < -0.3 is 10.1 Å². The van der Waals surface area contributed by atoms with Gasteiger partial charge in [-0.2, -0.15) is 0 Å². The minimum absolute atomic E-state index is 0.583. The van der Waals surface area contributed by atoms with E-state index in [4.69, 9.17) is 4.74 Å². The first kappa shape index (κ1) is 13.5. The molecule has 102 valence electrons. The van der Waals surface area contributed by atoms with Gasteiger partial charge in [0, 0.05) is 25.0 Å². The Morgan fingerprint density at radius 2 is 2.21 bits per heavy atom. The number of imidazole rings is 1. The highest BCUT2D eigenvalue weighted by Crippen LogP contribution is 2.20. The van der Waals surface area contributed by atoms with Crippen LogP contribution in [0.2, 0.25) is 0 Å². The van der Waals surface area contributed by atoms with E-state index in [2.05, 4.69) is 24.1 Å². The fourth-order valence-corrected chi connectivity index (χ4v) is 1.83. The van der Waals surface area contributed by atoms with Crippen molar-refractivity contribution >= 4 is 5.95 Å². The number of hydrogen-bond donors (Lipinski definition) is 1. The Balaban J connectivity index is 2.21. The summed E-state index contributed by atoms with van der Waals surface area (Å²) in [6.45, 7) is 7.92. The molecule has 0 atom stereocenters. The van der Waals surface area contributed by atoms with Gasteiger partial charge in [-0.05, 0) is 25.0 Å². The van der Waals surface area contributed by atoms with Crippen molar-refractivity contribution in [3.05, 3.63) is 36.7 Å². The Kier molecular flexibility index (Phi) is 4.44. The van der Waals surface area contributed by atoms with E-state index in [-0.39, 0.29) is 0 Å². The van der Waals surface area contributed by atoms with Gasteiger partial charge in [0.05, 0.1) is 12.3 Å². The maximum absolute atomic E-state index is 5.53. The van der Waals surface area contributed by atoms with E-state index in [9.17, 15) is 0 Å². The molecule has 0 radical (unpaired) electrons. The predicted octanol–water partition coefficient (Wildman–Crippen LogP) is 3.34. The van der Waals surface area contributed by atoms with Gasteiger partial charge in [-0.1, -0.05) is 19.9 Å². The topological polar surface area (TPSA) is 39.1 Å². The normalized spacial score (nSPS) is 10.7. The van der Waals surface area contributed by atoms with Crippen LogP contribution in [0.5, 0.6) is 5.75 Å². The largest absolute Gasteiger partial charge is 0.494 e. The molecule has 1 aromatic carbocycles. The number of ether oxygens (including phenoxy) is 1. The van der Waals surface area contributed by atoms with Crippen LogP contribution in [-0.4, -0.2) is 22.7 Å². The summed E-state index contributed by atoms with van der Waals surface area (Å²) in [5.41, 5.74) is 1.05. The molecule has 4 heteroatoms. The summed E-state index contributed by atoms with van der Waals surface area (Å²) in [6, 6.07) is 8.02. The summed E-state index contributed by atoms with van der Waals surface area (Å²) in [5.74, 6) is 2.32. The molecule has 0 aliphatic carbocycles. The Labute approximate surface area is 114 Å². The zero-order chi connectivity index (χ0) is 13.7. The van der Waals surface area contributed by atoms with Gasteiger partial charge in [-0.25, -0.2) is 4.98 Å². The Bertz CT molecular complexity index is 520. The Hall–Kier alpha value is -1.97. The molecule has 0 aliphatic heterocycles. The molecule has 0 saturated carbocycles. The molecule has 0 bridgehead atoms. The van der Waals surface area contributed by atoms with E-state index in [1.54, 1.807) is 6.20 Å². The van der Waals surface area contributed by atoms with Crippen LogP contribution in [0.4, 0.5) is 5.95 Å². The van der Waals surface area contributed by atoms with Crippen molar-refractivity contribution in [3.63, 3.8) is 0 Å². The molecule has 0 amide bonds. The van der Waals surface area contributed by atoms with Crippen LogP contribution in [-0.2, 0) is 0 Å². The first-order chi connectivity index (χ1) is 9.20. The van der Waals surface area contributed by atoms with Gasteiger partial charge in [0.1, 0.15) is 5.75 Å². The quantitative estimate of drug-likeness (QED) is 0.864. The number of nitrogens with zero attached hydrogens (tertiary/aromatic N) is 2. The van der Waals surface area contributed by atoms with Crippen LogP contribution in [0.25, 0.3) is 5.69 Å². The molecule has 4 nitrogen and oxygen atoms in total. The molecule has 19 heavy (non-hydrogen) atoms. The monoisotopic (exact) mass is 259 g/mol. The zero-order valence-corrected chi connectivity index (χ0v) is 11.8. The third-order valence-corrected chi connectivity index (χ3v) is 2.72. The number of aromatic nitrogens is 2. The molecule has 1 aromatic heterocycles. The molecule has 0 aliphatic rings. The average molecular weight is 259 g/mol. The first-order valence-electron chi connectivity index (χ1n) is 6.71. The Morgan fingerprint density at radius 3 is 2.95 bits per heavy atom. The second-order valence-corrected chi connectivity index (χ2v) is 4.83.